The van der Waals surface area contributed by atoms with Crippen LogP contribution in [-0.2, 0) is 11.3 Å². The summed E-state index contributed by atoms with van der Waals surface area (Å²) in [5.74, 6) is 0.266. The van der Waals surface area contributed by atoms with Crippen LogP contribution < -0.4 is 15.4 Å². The van der Waals surface area contributed by atoms with Crippen molar-refractivity contribution in [2.24, 2.45) is 0 Å². The number of nitrogens with one attached hydrogen (secondary N) is 2. The van der Waals surface area contributed by atoms with E-state index in [1.54, 1.807) is 24.3 Å². The predicted molar refractivity (Wildman–Crippen MR) is 101 cm³/mol. The molecule has 1 amide bonds. The average molecular weight is 400 g/mol. The van der Waals surface area contributed by atoms with Crippen molar-refractivity contribution < 1.29 is 9.53 Å². The maximum absolute atomic E-state index is 12.2. The van der Waals surface area contributed by atoms with Gasteiger partial charge >= 0.3 is 0 Å². The van der Waals surface area contributed by atoms with Crippen LogP contribution in [-0.4, -0.2) is 12.5 Å². The molecule has 0 radical (unpaired) electrons. The molecule has 2 aromatic rings. The quantitative estimate of drug-likeness (QED) is 0.545. The highest BCUT2D eigenvalue weighted by atomic mass is 79.9. The molecule has 0 aliphatic heterocycles. The van der Waals surface area contributed by atoms with Gasteiger partial charge in [-0.1, -0.05) is 28.1 Å². The molecule has 2 N–H and O–H groups in total. The van der Waals surface area contributed by atoms with Crippen molar-refractivity contribution in [3.8, 4) is 11.8 Å². The second kappa shape index (κ2) is 9.50. The van der Waals surface area contributed by atoms with Gasteiger partial charge in [0.15, 0.2) is 0 Å². The van der Waals surface area contributed by atoms with Gasteiger partial charge in [-0.2, -0.15) is 5.26 Å². The second-order valence-corrected chi connectivity index (χ2v) is 6.00. The lowest BCUT2D eigenvalue weighted by Gasteiger charge is -2.07. The normalized spacial score (nSPS) is 10.7. The van der Waals surface area contributed by atoms with Crippen molar-refractivity contribution in [3.63, 3.8) is 0 Å². The zero-order valence-corrected chi connectivity index (χ0v) is 15.3. The van der Waals surface area contributed by atoms with E-state index >= 15 is 0 Å². The van der Waals surface area contributed by atoms with E-state index in [1.807, 2.05) is 37.3 Å². The molecular formula is C19H18BrN3O2. The molecule has 0 fully saturated rings. The Morgan fingerprint density at radius 2 is 1.88 bits per heavy atom. The van der Waals surface area contributed by atoms with Crippen molar-refractivity contribution >= 4 is 27.5 Å². The van der Waals surface area contributed by atoms with Crippen LogP contribution in [0.1, 0.15) is 12.5 Å². The summed E-state index contributed by atoms with van der Waals surface area (Å²) in [6.45, 7) is 3.01. The molecule has 128 valence electrons. The molecule has 25 heavy (non-hydrogen) atoms. The first-order valence-corrected chi connectivity index (χ1v) is 8.54. The number of hydrogen-bond donors (Lipinski definition) is 2. The Balaban J connectivity index is 1.93. The molecule has 0 atom stereocenters. The fraction of sp³-hybridized carbons (Fsp3) is 0.158. The van der Waals surface area contributed by atoms with Gasteiger partial charge in [-0.3, -0.25) is 4.79 Å². The average Bonchev–Trinajstić information content (AvgIpc) is 2.62. The minimum atomic E-state index is -0.463. The van der Waals surface area contributed by atoms with E-state index < -0.39 is 5.91 Å². The van der Waals surface area contributed by atoms with Gasteiger partial charge in [0.1, 0.15) is 17.4 Å². The zero-order chi connectivity index (χ0) is 18.1. The molecular weight excluding hydrogens is 382 g/mol. The monoisotopic (exact) mass is 399 g/mol. The number of halogens is 1. The Morgan fingerprint density at radius 1 is 1.20 bits per heavy atom. The smallest absolute Gasteiger partial charge is 0.267 e. The predicted octanol–water partition coefficient (Wildman–Crippen LogP) is 3.98. The third kappa shape index (κ3) is 5.98. The molecule has 5 nitrogen and oxygen atoms in total. The van der Waals surface area contributed by atoms with Crippen LogP contribution in [0.5, 0.6) is 5.75 Å². The van der Waals surface area contributed by atoms with Crippen LogP contribution in [0, 0.1) is 11.3 Å². The molecule has 0 aliphatic rings. The number of hydrogen-bond acceptors (Lipinski definition) is 4. The van der Waals surface area contributed by atoms with Gasteiger partial charge in [-0.15, -0.1) is 0 Å². The van der Waals surface area contributed by atoms with Crippen LogP contribution in [0.2, 0.25) is 0 Å². The van der Waals surface area contributed by atoms with Gasteiger partial charge in [-0.05, 0) is 48.9 Å². The molecule has 0 saturated heterocycles. The van der Waals surface area contributed by atoms with Gasteiger partial charge < -0.3 is 15.4 Å². The molecule has 0 saturated carbocycles. The van der Waals surface area contributed by atoms with Gasteiger partial charge in [0.2, 0.25) is 0 Å². The first-order chi connectivity index (χ1) is 12.1. The highest BCUT2D eigenvalue weighted by Gasteiger charge is 2.09. The van der Waals surface area contributed by atoms with E-state index in [9.17, 15) is 10.1 Å². The third-order valence-electron chi connectivity index (χ3n) is 3.25. The standard InChI is InChI=1S/C19H18BrN3O2/c1-2-25-18-9-7-17(8-10-18)23-19(24)15(11-21)13-22-12-14-3-5-16(20)6-4-14/h3-10,13,22H,2,12H2,1H3,(H,23,24)/b15-13-. The number of rotatable bonds is 7. The molecule has 0 spiro atoms. The number of amides is 1. The van der Waals surface area contributed by atoms with Crippen LogP contribution in [0.25, 0.3) is 0 Å². The zero-order valence-electron chi connectivity index (χ0n) is 13.8. The summed E-state index contributed by atoms with van der Waals surface area (Å²) in [5, 5.41) is 14.8. The summed E-state index contributed by atoms with van der Waals surface area (Å²) in [6, 6.07) is 16.7. The largest absolute Gasteiger partial charge is 0.494 e. The Kier molecular flexibility index (Phi) is 7.05. The first kappa shape index (κ1) is 18.6. The molecule has 0 bridgehead atoms. The van der Waals surface area contributed by atoms with Gasteiger partial charge in [0.05, 0.1) is 6.61 Å². The summed E-state index contributed by atoms with van der Waals surface area (Å²) >= 11 is 3.38. The van der Waals surface area contributed by atoms with E-state index in [0.717, 1.165) is 15.8 Å². The van der Waals surface area contributed by atoms with Crippen LogP contribution >= 0.6 is 15.9 Å². The van der Waals surface area contributed by atoms with E-state index in [2.05, 4.69) is 26.6 Å². The third-order valence-corrected chi connectivity index (χ3v) is 3.78. The number of carbonyl (C=O) groups excluding carboxylic acids is 1. The topological polar surface area (TPSA) is 74.1 Å². The summed E-state index contributed by atoms with van der Waals surface area (Å²) in [6.07, 6.45) is 1.42. The molecule has 2 rings (SSSR count). The van der Waals surface area contributed by atoms with Crippen molar-refractivity contribution in [2.45, 2.75) is 13.5 Å². The Morgan fingerprint density at radius 3 is 2.48 bits per heavy atom. The number of nitriles is 1. The number of nitrogens with zero attached hydrogens (tertiary/aromatic N) is 1. The number of carbonyl (C=O) groups is 1. The number of ether oxygens (including phenoxy) is 1. The fourth-order valence-electron chi connectivity index (χ4n) is 2.02. The van der Waals surface area contributed by atoms with Crippen molar-refractivity contribution in [2.75, 3.05) is 11.9 Å². The summed E-state index contributed by atoms with van der Waals surface area (Å²) in [5.41, 5.74) is 1.65. The molecule has 0 aliphatic carbocycles. The highest BCUT2D eigenvalue weighted by Crippen LogP contribution is 2.16. The lowest BCUT2D eigenvalue weighted by molar-refractivity contribution is -0.112. The summed E-state index contributed by atoms with van der Waals surface area (Å²) in [7, 11) is 0. The molecule has 0 heterocycles. The van der Waals surface area contributed by atoms with Gasteiger partial charge in [-0.25, -0.2) is 0 Å². The van der Waals surface area contributed by atoms with Crippen molar-refractivity contribution in [3.05, 3.63) is 70.3 Å². The minimum Gasteiger partial charge on any atom is -0.494 e. The molecule has 0 unspecified atom stereocenters. The minimum absolute atomic E-state index is 0.00555. The van der Waals surface area contributed by atoms with Crippen molar-refractivity contribution in [1.29, 1.82) is 5.26 Å². The van der Waals surface area contributed by atoms with E-state index in [1.165, 1.54) is 6.20 Å². The molecule has 2 aromatic carbocycles. The Hall–Kier alpha value is -2.78. The molecule has 0 aromatic heterocycles. The lowest BCUT2D eigenvalue weighted by Crippen LogP contribution is -2.16. The maximum atomic E-state index is 12.2. The second-order valence-electron chi connectivity index (χ2n) is 5.09. The highest BCUT2D eigenvalue weighted by molar-refractivity contribution is 9.10. The van der Waals surface area contributed by atoms with E-state index in [0.29, 0.717) is 18.8 Å². The van der Waals surface area contributed by atoms with Gasteiger partial charge in [0.25, 0.3) is 5.91 Å². The molecule has 6 heteroatoms. The Bertz CT molecular complexity index is 778. The maximum Gasteiger partial charge on any atom is 0.267 e. The summed E-state index contributed by atoms with van der Waals surface area (Å²) in [4.78, 5) is 12.2. The van der Waals surface area contributed by atoms with E-state index in [4.69, 9.17) is 4.74 Å². The fourth-order valence-corrected chi connectivity index (χ4v) is 2.29. The first-order valence-electron chi connectivity index (χ1n) is 7.74. The van der Waals surface area contributed by atoms with Crippen LogP contribution in [0.15, 0.2) is 64.8 Å². The van der Waals surface area contributed by atoms with Crippen LogP contribution in [0.3, 0.4) is 0 Å². The van der Waals surface area contributed by atoms with Crippen LogP contribution in [0.4, 0.5) is 5.69 Å². The lowest BCUT2D eigenvalue weighted by atomic mass is 10.2. The Labute approximate surface area is 155 Å². The van der Waals surface area contributed by atoms with E-state index in [-0.39, 0.29) is 5.57 Å². The summed E-state index contributed by atoms with van der Waals surface area (Å²) < 4.78 is 6.35. The number of benzene rings is 2. The van der Waals surface area contributed by atoms with Gasteiger partial charge in [0, 0.05) is 22.9 Å². The number of anilines is 1. The SMILES string of the molecule is CCOc1ccc(NC(=O)/C(C#N)=C\NCc2ccc(Br)cc2)cc1. The van der Waals surface area contributed by atoms with Crippen molar-refractivity contribution in [1.82, 2.24) is 5.32 Å².